The molecule has 3 saturated carbocycles. The number of hydrogen-bond donors (Lipinski definition) is 1. The van der Waals surface area contributed by atoms with Crippen LogP contribution >= 0.6 is 0 Å². The van der Waals surface area contributed by atoms with Crippen molar-refractivity contribution in [1.82, 2.24) is 4.92 Å². The van der Waals surface area contributed by atoms with E-state index in [-0.39, 0.29) is 24.7 Å². The minimum atomic E-state index is -1.63. The molecule has 0 aromatic heterocycles. The molecular weight excluding hydrogens is 542 g/mol. The molecule has 9 atom stereocenters. The molecule has 1 aliphatic heterocycles. The van der Waals surface area contributed by atoms with Gasteiger partial charge < -0.3 is 24.2 Å². The van der Waals surface area contributed by atoms with Crippen molar-refractivity contribution < 1.29 is 38.0 Å². The summed E-state index contributed by atoms with van der Waals surface area (Å²) in [6.45, 7) is 11.9. The molecule has 0 amide bonds. The monoisotopic (exact) mass is 582 g/mol. The number of ether oxygens (including phenoxy) is 3. The quantitative estimate of drug-likeness (QED) is 0.226. The third kappa shape index (κ3) is 4.55. The lowest BCUT2D eigenvalue weighted by molar-refractivity contribution is -0.211. The molecule has 0 radical (unpaired) electrons. The summed E-state index contributed by atoms with van der Waals surface area (Å²) in [6.07, 6.45) is 1.86. The Kier molecular flexibility index (Phi) is 7.79. The van der Waals surface area contributed by atoms with Crippen LogP contribution in [0.15, 0.2) is 36.0 Å². The summed E-state index contributed by atoms with van der Waals surface area (Å²) in [4.78, 5) is 40.1. The van der Waals surface area contributed by atoms with Crippen molar-refractivity contribution in [3.8, 4) is 5.75 Å². The molecule has 4 aliphatic rings. The predicted molar refractivity (Wildman–Crippen MR) is 155 cm³/mol. The Hall–Kier alpha value is -3.21. The first-order chi connectivity index (χ1) is 19.8. The summed E-state index contributed by atoms with van der Waals surface area (Å²) in [5.41, 5.74) is -1.10. The molecule has 1 aromatic rings. The van der Waals surface area contributed by atoms with Crippen LogP contribution in [0.25, 0.3) is 0 Å². The number of carbonyl (C=O) groups is 3. The van der Waals surface area contributed by atoms with Crippen LogP contribution in [0.4, 0.5) is 4.39 Å². The van der Waals surface area contributed by atoms with Crippen LogP contribution in [-0.2, 0) is 23.9 Å². The summed E-state index contributed by atoms with van der Waals surface area (Å²) >= 11 is 0. The number of ketones is 1. The summed E-state index contributed by atoms with van der Waals surface area (Å²) in [7, 11) is 0.695. The number of hydrogen-bond acceptors (Lipinski definition) is 9. The fourth-order valence-electron chi connectivity index (χ4n) is 8.49. The van der Waals surface area contributed by atoms with E-state index in [0.717, 1.165) is 12.0 Å². The van der Waals surface area contributed by atoms with E-state index >= 15 is 4.39 Å². The largest absolute Gasteiger partial charge is 0.482 e. The number of alkyl halides is 1. The third-order valence-electron chi connectivity index (χ3n) is 11.2. The van der Waals surface area contributed by atoms with E-state index in [9.17, 15) is 19.4 Å². The van der Waals surface area contributed by atoms with Gasteiger partial charge in [-0.3, -0.25) is 9.59 Å². The highest BCUT2D eigenvalue weighted by Gasteiger charge is 2.71. The summed E-state index contributed by atoms with van der Waals surface area (Å²) in [6, 6.07) is 5.08. The zero-order valence-electron chi connectivity index (χ0n) is 24.9. The lowest BCUT2D eigenvalue weighted by atomic mass is 9.44. The summed E-state index contributed by atoms with van der Waals surface area (Å²) < 4.78 is 33.1. The Morgan fingerprint density at radius 2 is 2.05 bits per heavy atom. The van der Waals surface area contributed by atoms with Crippen LogP contribution in [0.2, 0.25) is 0 Å². The predicted octanol–water partition coefficient (Wildman–Crippen LogP) is 3.07. The van der Waals surface area contributed by atoms with Gasteiger partial charge in [0, 0.05) is 29.7 Å². The highest BCUT2D eigenvalue weighted by atomic mass is 19.1. The second-order valence-corrected chi connectivity index (χ2v) is 13.2. The van der Waals surface area contributed by atoms with E-state index in [1.54, 1.807) is 37.5 Å². The van der Waals surface area contributed by atoms with Gasteiger partial charge in [0.15, 0.2) is 18.6 Å². The summed E-state index contributed by atoms with van der Waals surface area (Å²) in [5.74, 6) is -1.80. The lowest BCUT2D eigenvalue weighted by Crippen LogP contribution is -2.63. The first-order valence-corrected chi connectivity index (χ1v) is 14.6. The Morgan fingerprint density at radius 3 is 2.74 bits per heavy atom. The van der Waals surface area contributed by atoms with Crippen molar-refractivity contribution in [3.05, 3.63) is 36.4 Å². The van der Waals surface area contributed by atoms with Crippen molar-refractivity contribution in [3.63, 3.8) is 0 Å². The van der Waals surface area contributed by atoms with E-state index < -0.39 is 66.0 Å². The van der Waals surface area contributed by atoms with Gasteiger partial charge >= 0.3 is 13.0 Å². The van der Waals surface area contributed by atoms with Gasteiger partial charge in [0.1, 0.15) is 18.0 Å². The molecule has 1 aromatic carbocycles. The average Bonchev–Trinajstić information content (AvgIpc) is 3.24. The summed E-state index contributed by atoms with van der Waals surface area (Å²) in [5, 5.41) is 14.6. The zero-order valence-corrected chi connectivity index (χ0v) is 24.9. The van der Waals surface area contributed by atoms with E-state index in [2.05, 4.69) is 11.7 Å². The van der Waals surface area contributed by atoms with Crippen molar-refractivity contribution in [2.24, 2.45) is 39.1 Å². The number of benzene rings is 1. The molecule has 3 fully saturated rings. The third-order valence-corrected chi connectivity index (χ3v) is 11.2. The Balaban J connectivity index is 1.46. The number of nitrogens with zero attached hydrogens (tertiary/aromatic N) is 2. The number of esters is 1. The Morgan fingerprint density at radius 1 is 1.31 bits per heavy atom. The Bertz CT molecular complexity index is 1310. The highest BCUT2D eigenvalue weighted by Crippen LogP contribution is 2.68. The van der Waals surface area contributed by atoms with Crippen molar-refractivity contribution in [1.29, 1.82) is 0 Å². The lowest BCUT2D eigenvalue weighted by Gasteiger charge is -2.61. The fourth-order valence-corrected chi connectivity index (χ4v) is 8.49. The number of fused-ring (bicyclic) bond motifs is 1. The maximum Gasteiger partial charge on any atom is 0.466 e. The number of halogens is 1. The molecule has 1 heterocycles. The van der Waals surface area contributed by atoms with Crippen LogP contribution in [0.5, 0.6) is 5.75 Å². The minimum absolute atomic E-state index is 0.0471. The van der Waals surface area contributed by atoms with E-state index in [4.69, 9.17) is 14.2 Å². The number of rotatable bonds is 7. The smallest absolute Gasteiger partial charge is 0.466 e. The zero-order chi connectivity index (χ0) is 30.6. The van der Waals surface area contributed by atoms with Gasteiger partial charge in [0.05, 0.1) is 6.21 Å². The van der Waals surface area contributed by atoms with Crippen molar-refractivity contribution in [2.75, 3.05) is 13.7 Å². The van der Waals surface area contributed by atoms with Gasteiger partial charge in [-0.05, 0) is 60.2 Å². The topological polar surface area (TPSA) is 115 Å². The standard InChI is InChI=1S/C31H40BFN2O7/c1-7-29(4)14-24(42-25(37)16-40-21-9-8-20-15-34-35(6)32(39)22(20)12-21)30(5)18(2)10-11-31(19(3)28(29)41-17-36)13-23(33)26(38)27(30)31/h7-9,12,15,17-19,23-24,27-28,39H,1,10-11,13-14,16H2,2-6H3/t18-,19-,23-,24+,27-,28-,29+,30-,31-/m0/s1. The Labute approximate surface area is 246 Å². The molecule has 0 spiro atoms. The highest BCUT2D eigenvalue weighted by molar-refractivity contribution is 6.65. The van der Waals surface area contributed by atoms with E-state index in [1.807, 2.05) is 27.7 Å². The maximum absolute atomic E-state index is 15.4. The van der Waals surface area contributed by atoms with Gasteiger partial charge in [0.25, 0.3) is 6.47 Å². The SMILES string of the molecule is C=C[C@]1(C)C[C@@H](OC(=O)COc2ccc3c(c2)B(O)N(C)N=C3)[C@@]2(C)[C@@H]3C(=O)[C@@H](F)C[C@@]3(CC[C@@H]2C)[C@@H](C)[C@@H]1OC=O. The van der Waals surface area contributed by atoms with Crippen molar-refractivity contribution in [2.45, 2.75) is 71.8 Å². The molecule has 11 heteroatoms. The first kappa shape index (κ1) is 30.3. The normalized spacial score (nSPS) is 39.0. The van der Waals surface area contributed by atoms with E-state index in [0.29, 0.717) is 24.1 Å². The van der Waals surface area contributed by atoms with Gasteiger partial charge in [-0.15, -0.1) is 6.58 Å². The number of carbonyl (C=O) groups excluding carboxylic acids is 3. The number of Topliss-reactive ketones (excluding diaryl/α,β-unsaturated/α-hetero) is 1. The maximum atomic E-state index is 15.4. The van der Waals surface area contributed by atoms with Gasteiger partial charge in [-0.1, -0.05) is 39.8 Å². The van der Waals surface area contributed by atoms with Crippen LogP contribution in [0.3, 0.4) is 0 Å². The molecular formula is C31H40BFN2O7. The van der Waals surface area contributed by atoms with Crippen LogP contribution < -0.4 is 10.2 Å². The second-order valence-electron chi connectivity index (χ2n) is 13.2. The number of hydrazone groups is 1. The van der Waals surface area contributed by atoms with Crippen LogP contribution in [0.1, 0.15) is 58.9 Å². The molecule has 2 bridgehead atoms. The van der Waals surface area contributed by atoms with Gasteiger partial charge in [-0.25, -0.2) is 9.18 Å². The van der Waals surface area contributed by atoms with Crippen molar-refractivity contribution >= 4 is 37.0 Å². The molecule has 5 rings (SSSR count). The van der Waals surface area contributed by atoms with Crippen LogP contribution in [-0.4, -0.2) is 73.5 Å². The molecule has 1 N–H and O–H groups in total. The van der Waals surface area contributed by atoms with Gasteiger partial charge in [0.2, 0.25) is 0 Å². The van der Waals surface area contributed by atoms with Gasteiger partial charge in [-0.2, -0.15) is 5.10 Å². The fraction of sp³-hybridized carbons (Fsp3) is 0.613. The first-order valence-electron chi connectivity index (χ1n) is 14.6. The molecule has 3 aliphatic carbocycles. The minimum Gasteiger partial charge on any atom is -0.482 e. The van der Waals surface area contributed by atoms with E-state index in [1.165, 1.54) is 4.92 Å². The molecule has 0 unspecified atom stereocenters. The second kappa shape index (κ2) is 10.8. The van der Waals surface area contributed by atoms with Crippen LogP contribution in [0, 0.1) is 34.0 Å². The average molecular weight is 582 g/mol. The molecule has 226 valence electrons. The molecule has 42 heavy (non-hydrogen) atoms. The molecule has 0 saturated heterocycles. The molecule has 9 nitrogen and oxygen atoms in total.